The molecule has 6 heteroatoms. The molecule has 1 aliphatic rings. The zero-order valence-electron chi connectivity index (χ0n) is 15.4. The molecule has 4 aromatic rings. The summed E-state index contributed by atoms with van der Waals surface area (Å²) in [5.41, 5.74) is 7.80. The van der Waals surface area contributed by atoms with Crippen molar-refractivity contribution in [1.82, 2.24) is 14.1 Å². The fraction of sp³-hybridized carbons (Fsp3) is 0.318. The van der Waals surface area contributed by atoms with Crippen LogP contribution >= 0.6 is 0 Å². The summed E-state index contributed by atoms with van der Waals surface area (Å²) in [4.78, 5) is 4.38. The SMILES string of the molecule is C.Cn1cnc2ccc(Cc3ccc4c(c3)c3c(n4C)CCS(=O)(=O)C3)cc21. The molecule has 5 nitrogen and oxygen atoms in total. The molecule has 1 aliphatic heterocycles. The highest BCUT2D eigenvalue weighted by Gasteiger charge is 2.26. The van der Waals surface area contributed by atoms with E-state index >= 15 is 0 Å². The van der Waals surface area contributed by atoms with Gasteiger partial charge < -0.3 is 9.13 Å². The third-order valence-electron chi connectivity index (χ3n) is 5.71. The van der Waals surface area contributed by atoms with Crippen LogP contribution in [-0.4, -0.2) is 28.3 Å². The molecule has 2 aromatic heterocycles. The standard InChI is InChI=1S/C21H21N3O2S.CH4/c1-23-13-22-18-5-3-15(11-21(18)23)9-14-4-6-19-16(10-14)17-12-27(25,26)8-7-20(17)24(19)2;/h3-6,10-11,13H,7-9,12H2,1-2H3;1H4. The number of hydrogen-bond donors (Lipinski definition) is 0. The zero-order chi connectivity index (χ0) is 18.8. The number of hydrogen-bond acceptors (Lipinski definition) is 3. The van der Waals surface area contributed by atoms with Crippen molar-refractivity contribution in [2.75, 3.05) is 5.75 Å². The Hall–Kier alpha value is -2.60. The van der Waals surface area contributed by atoms with Crippen LogP contribution < -0.4 is 0 Å². The average molecular weight is 396 g/mol. The summed E-state index contributed by atoms with van der Waals surface area (Å²) in [6.45, 7) is 0. The number of aryl methyl sites for hydroxylation is 2. The van der Waals surface area contributed by atoms with E-state index in [4.69, 9.17) is 0 Å². The Morgan fingerprint density at radius 1 is 1.04 bits per heavy atom. The van der Waals surface area contributed by atoms with Crippen LogP contribution in [0.5, 0.6) is 0 Å². The maximum Gasteiger partial charge on any atom is 0.154 e. The molecule has 0 N–H and O–H groups in total. The topological polar surface area (TPSA) is 56.9 Å². The number of benzene rings is 2. The summed E-state index contributed by atoms with van der Waals surface area (Å²) in [7, 11) is 1.05. The maximum atomic E-state index is 12.2. The molecule has 3 heterocycles. The van der Waals surface area contributed by atoms with E-state index in [1.165, 1.54) is 11.1 Å². The Balaban J connectivity index is 0.00000192. The van der Waals surface area contributed by atoms with E-state index in [0.717, 1.165) is 39.6 Å². The number of fused-ring (bicyclic) bond motifs is 4. The van der Waals surface area contributed by atoms with Crippen LogP contribution in [0.15, 0.2) is 42.7 Å². The van der Waals surface area contributed by atoms with Gasteiger partial charge in [-0.25, -0.2) is 13.4 Å². The smallest absolute Gasteiger partial charge is 0.154 e. The van der Waals surface area contributed by atoms with Gasteiger partial charge in [0.15, 0.2) is 9.84 Å². The van der Waals surface area contributed by atoms with Crippen molar-refractivity contribution >= 4 is 31.8 Å². The number of aromatic nitrogens is 3. The summed E-state index contributed by atoms with van der Waals surface area (Å²) < 4.78 is 28.5. The van der Waals surface area contributed by atoms with Crippen molar-refractivity contribution in [2.45, 2.75) is 26.0 Å². The third kappa shape index (κ3) is 2.92. The molecule has 5 rings (SSSR count). The van der Waals surface area contributed by atoms with E-state index in [1.807, 2.05) is 25.0 Å². The Kier molecular flexibility index (Phi) is 4.34. The first-order chi connectivity index (χ1) is 12.9. The normalized spacial score (nSPS) is 15.5. The first kappa shape index (κ1) is 18.7. The molecule has 0 bridgehead atoms. The van der Waals surface area contributed by atoms with Gasteiger partial charge in [-0.3, -0.25) is 0 Å². The predicted molar refractivity (Wildman–Crippen MR) is 114 cm³/mol. The number of imidazole rings is 1. The van der Waals surface area contributed by atoms with Crippen LogP contribution in [0.2, 0.25) is 0 Å². The molecule has 0 saturated heterocycles. The Morgan fingerprint density at radius 3 is 2.61 bits per heavy atom. The van der Waals surface area contributed by atoms with E-state index in [-0.39, 0.29) is 18.9 Å². The van der Waals surface area contributed by atoms with Crippen molar-refractivity contribution in [3.8, 4) is 0 Å². The van der Waals surface area contributed by atoms with Crippen LogP contribution in [0.25, 0.3) is 21.9 Å². The van der Waals surface area contributed by atoms with E-state index < -0.39 is 9.84 Å². The van der Waals surface area contributed by atoms with Crippen LogP contribution in [0.1, 0.15) is 29.8 Å². The second-order valence-corrected chi connectivity index (χ2v) is 9.72. The molecule has 0 unspecified atom stereocenters. The second-order valence-electron chi connectivity index (χ2n) is 7.53. The highest BCUT2D eigenvalue weighted by atomic mass is 32.2. The molecule has 0 amide bonds. The minimum Gasteiger partial charge on any atom is -0.347 e. The molecular formula is C22H25N3O2S. The molecule has 2 aromatic carbocycles. The molecule has 0 saturated carbocycles. The number of nitrogens with zero attached hydrogens (tertiary/aromatic N) is 3. The van der Waals surface area contributed by atoms with Crippen LogP contribution in [-0.2, 0) is 42.5 Å². The van der Waals surface area contributed by atoms with Gasteiger partial charge in [-0.2, -0.15) is 0 Å². The predicted octanol–water partition coefficient (Wildman–Crippen LogP) is 3.76. The Bertz CT molecular complexity index is 1310. The van der Waals surface area contributed by atoms with Gasteiger partial charge in [0.1, 0.15) is 0 Å². The van der Waals surface area contributed by atoms with Crippen LogP contribution in [0.3, 0.4) is 0 Å². The molecule has 0 atom stereocenters. The largest absolute Gasteiger partial charge is 0.347 e. The summed E-state index contributed by atoms with van der Waals surface area (Å²) >= 11 is 0. The fourth-order valence-corrected chi connectivity index (χ4v) is 5.68. The Morgan fingerprint density at radius 2 is 1.79 bits per heavy atom. The third-order valence-corrected chi connectivity index (χ3v) is 7.27. The van der Waals surface area contributed by atoms with Gasteiger partial charge in [0, 0.05) is 37.1 Å². The molecule has 28 heavy (non-hydrogen) atoms. The molecule has 146 valence electrons. The van der Waals surface area contributed by atoms with Crippen LogP contribution in [0, 0.1) is 0 Å². The lowest BCUT2D eigenvalue weighted by Gasteiger charge is -2.14. The fourth-order valence-electron chi connectivity index (χ4n) is 4.27. The molecule has 0 aliphatic carbocycles. The quantitative estimate of drug-likeness (QED) is 0.519. The summed E-state index contributed by atoms with van der Waals surface area (Å²) in [6, 6.07) is 12.8. The van der Waals surface area contributed by atoms with E-state index in [9.17, 15) is 8.42 Å². The minimum absolute atomic E-state index is 0. The lowest BCUT2D eigenvalue weighted by molar-refractivity contribution is 0.590. The second kappa shape index (κ2) is 6.48. The lowest BCUT2D eigenvalue weighted by atomic mass is 10.0. The molecule has 0 radical (unpaired) electrons. The lowest BCUT2D eigenvalue weighted by Crippen LogP contribution is -2.19. The molecule has 0 fully saturated rings. The zero-order valence-corrected chi connectivity index (χ0v) is 16.3. The minimum atomic E-state index is -2.99. The van der Waals surface area contributed by atoms with Crippen molar-refractivity contribution in [3.63, 3.8) is 0 Å². The van der Waals surface area contributed by atoms with Gasteiger partial charge in [-0.05, 0) is 47.4 Å². The van der Waals surface area contributed by atoms with Gasteiger partial charge >= 0.3 is 0 Å². The summed E-state index contributed by atoms with van der Waals surface area (Å²) in [5.74, 6) is 0.409. The van der Waals surface area contributed by atoms with Crippen LogP contribution in [0.4, 0.5) is 0 Å². The van der Waals surface area contributed by atoms with Gasteiger partial charge in [-0.1, -0.05) is 19.6 Å². The monoisotopic (exact) mass is 395 g/mol. The van der Waals surface area contributed by atoms with Gasteiger partial charge in [0.05, 0.1) is 28.9 Å². The summed E-state index contributed by atoms with van der Waals surface area (Å²) in [6.07, 6.45) is 3.25. The van der Waals surface area contributed by atoms with Crippen molar-refractivity contribution in [2.24, 2.45) is 14.1 Å². The number of rotatable bonds is 2. The van der Waals surface area contributed by atoms with Crippen molar-refractivity contribution in [3.05, 3.63) is 65.1 Å². The van der Waals surface area contributed by atoms with E-state index in [0.29, 0.717) is 6.42 Å². The van der Waals surface area contributed by atoms with E-state index in [2.05, 4.69) is 45.9 Å². The molecular weight excluding hydrogens is 370 g/mol. The molecule has 0 spiro atoms. The summed E-state index contributed by atoms with van der Waals surface area (Å²) in [5, 5.41) is 1.08. The Labute approximate surface area is 165 Å². The number of sulfone groups is 1. The van der Waals surface area contributed by atoms with Crippen molar-refractivity contribution < 1.29 is 8.42 Å². The van der Waals surface area contributed by atoms with Gasteiger partial charge in [-0.15, -0.1) is 0 Å². The van der Waals surface area contributed by atoms with Gasteiger partial charge in [0.2, 0.25) is 0 Å². The first-order valence-corrected chi connectivity index (χ1v) is 10.9. The highest BCUT2D eigenvalue weighted by Crippen LogP contribution is 2.32. The highest BCUT2D eigenvalue weighted by molar-refractivity contribution is 7.90. The van der Waals surface area contributed by atoms with E-state index in [1.54, 1.807) is 0 Å². The maximum absolute atomic E-state index is 12.2. The average Bonchev–Trinajstić information content (AvgIpc) is 3.13. The van der Waals surface area contributed by atoms with Crippen molar-refractivity contribution in [1.29, 1.82) is 0 Å². The van der Waals surface area contributed by atoms with Gasteiger partial charge in [0.25, 0.3) is 0 Å². The first-order valence-electron chi connectivity index (χ1n) is 9.11.